The number of nitrogens with one attached hydrogen (secondary N) is 3. The van der Waals surface area contributed by atoms with Gasteiger partial charge in [-0.25, -0.2) is 0 Å². The highest BCUT2D eigenvalue weighted by atomic mass is 16.2. The standard InChI is InChI=1S/C14H21N3O2/c1-15-8-4-7-13(18)17-10-11-5-3-6-12(9-11)14(19)16-2/h3,5-6,9,15H,4,7-8,10H2,1-2H3,(H,16,19)(H,17,18). The van der Waals surface area contributed by atoms with Gasteiger partial charge >= 0.3 is 0 Å². The Morgan fingerprint density at radius 2 is 2.00 bits per heavy atom. The smallest absolute Gasteiger partial charge is 0.251 e. The average molecular weight is 263 g/mol. The van der Waals surface area contributed by atoms with E-state index in [1.54, 1.807) is 19.2 Å². The molecule has 0 fully saturated rings. The van der Waals surface area contributed by atoms with Crippen molar-refractivity contribution in [1.29, 1.82) is 0 Å². The summed E-state index contributed by atoms with van der Waals surface area (Å²) in [6, 6.07) is 7.23. The second kappa shape index (κ2) is 8.26. The van der Waals surface area contributed by atoms with E-state index < -0.39 is 0 Å². The van der Waals surface area contributed by atoms with Crippen LogP contribution in [0.4, 0.5) is 0 Å². The van der Waals surface area contributed by atoms with E-state index in [-0.39, 0.29) is 11.8 Å². The minimum Gasteiger partial charge on any atom is -0.355 e. The number of rotatable bonds is 7. The van der Waals surface area contributed by atoms with Crippen LogP contribution in [0.1, 0.15) is 28.8 Å². The van der Waals surface area contributed by atoms with Gasteiger partial charge in [-0.05, 0) is 37.7 Å². The molecule has 0 aliphatic carbocycles. The summed E-state index contributed by atoms with van der Waals surface area (Å²) in [5.74, 6) is -0.0946. The fourth-order valence-electron chi connectivity index (χ4n) is 1.68. The average Bonchev–Trinajstić information content (AvgIpc) is 2.45. The quantitative estimate of drug-likeness (QED) is 0.633. The Morgan fingerprint density at radius 1 is 1.21 bits per heavy atom. The van der Waals surface area contributed by atoms with Gasteiger partial charge in [0, 0.05) is 25.6 Å². The van der Waals surface area contributed by atoms with Gasteiger partial charge in [0.25, 0.3) is 5.91 Å². The summed E-state index contributed by atoms with van der Waals surface area (Å²) in [6.07, 6.45) is 1.33. The van der Waals surface area contributed by atoms with Gasteiger partial charge in [-0.2, -0.15) is 0 Å². The van der Waals surface area contributed by atoms with Crippen LogP contribution in [0.2, 0.25) is 0 Å². The number of benzene rings is 1. The predicted octanol–water partition coefficient (Wildman–Crippen LogP) is 0.662. The molecule has 5 heteroatoms. The van der Waals surface area contributed by atoms with Crippen molar-refractivity contribution >= 4 is 11.8 Å². The van der Waals surface area contributed by atoms with Crippen LogP contribution in [-0.2, 0) is 11.3 Å². The maximum atomic E-state index is 11.5. The molecule has 0 heterocycles. The summed E-state index contributed by atoms with van der Waals surface area (Å²) >= 11 is 0. The van der Waals surface area contributed by atoms with Gasteiger partial charge in [-0.15, -0.1) is 0 Å². The van der Waals surface area contributed by atoms with Crippen molar-refractivity contribution in [3.63, 3.8) is 0 Å². The molecule has 2 amide bonds. The SMILES string of the molecule is CNCCCC(=O)NCc1cccc(C(=O)NC)c1. The van der Waals surface area contributed by atoms with Gasteiger partial charge in [0.1, 0.15) is 0 Å². The lowest BCUT2D eigenvalue weighted by Gasteiger charge is -2.07. The first kappa shape index (κ1) is 15.2. The maximum Gasteiger partial charge on any atom is 0.251 e. The van der Waals surface area contributed by atoms with E-state index in [4.69, 9.17) is 0 Å². The number of carbonyl (C=O) groups is 2. The minimum absolute atomic E-state index is 0.0283. The number of amides is 2. The fourth-order valence-corrected chi connectivity index (χ4v) is 1.68. The third kappa shape index (κ3) is 5.52. The van der Waals surface area contributed by atoms with Crippen molar-refractivity contribution in [2.24, 2.45) is 0 Å². The first-order chi connectivity index (χ1) is 9.17. The summed E-state index contributed by atoms with van der Waals surface area (Å²) in [4.78, 5) is 23.0. The van der Waals surface area contributed by atoms with E-state index >= 15 is 0 Å². The molecule has 0 saturated heterocycles. The highest BCUT2D eigenvalue weighted by molar-refractivity contribution is 5.94. The third-order valence-electron chi connectivity index (χ3n) is 2.74. The zero-order valence-corrected chi connectivity index (χ0v) is 11.5. The van der Waals surface area contributed by atoms with Crippen molar-refractivity contribution in [3.8, 4) is 0 Å². The Bertz CT molecular complexity index is 432. The highest BCUT2D eigenvalue weighted by Gasteiger charge is 2.05. The zero-order valence-electron chi connectivity index (χ0n) is 11.5. The third-order valence-corrected chi connectivity index (χ3v) is 2.74. The second-order valence-electron chi connectivity index (χ2n) is 4.26. The normalized spacial score (nSPS) is 10.0. The largest absolute Gasteiger partial charge is 0.355 e. The molecule has 0 aliphatic rings. The molecular formula is C14H21N3O2. The topological polar surface area (TPSA) is 70.2 Å². The van der Waals surface area contributed by atoms with Crippen molar-refractivity contribution in [3.05, 3.63) is 35.4 Å². The van der Waals surface area contributed by atoms with Gasteiger partial charge < -0.3 is 16.0 Å². The molecular weight excluding hydrogens is 242 g/mol. The van der Waals surface area contributed by atoms with E-state index in [1.807, 2.05) is 19.2 Å². The lowest BCUT2D eigenvalue weighted by Crippen LogP contribution is -2.24. The Kier molecular flexibility index (Phi) is 6.60. The van der Waals surface area contributed by atoms with Crippen LogP contribution in [0.25, 0.3) is 0 Å². The van der Waals surface area contributed by atoms with E-state index in [1.165, 1.54) is 0 Å². The summed E-state index contributed by atoms with van der Waals surface area (Å²) in [5.41, 5.74) is 1.52. The molecule has 104 valence electrons. The highest BCUT2D eigenvalue weighted by Crippen LogP contribution is 2.05. The Hall–Kier alpha value is -1.88. The Morgan fingerprint density at radius 3 is 2.68 bits per heavy atom. The van der Waals surface area contributed by atoms with Crippen molar-refractivity contribution in [1.82, 2.24) is 16.0 Å². The Labute approximate surface area is 113 Å². The lowest BCUT2D eigenvalue weighted by molar-refractivity contribution is -0.121. The molecule has 0 unspecified atom stereocenters. The zero-order chi connectivity index (χ0) is 14.1. The van der Waals surface area contributed by atoms with Crippen molar-refractivity contribution in [2.75, 3.05) is 20.6 Å². The van der Waals surface area contributed by atoms with Gasteiger partial charge in [0.2, 0.25) is 5.91 Å². The van der Waals surface area contributed by atoms with E-state index in [2.05, 4.69) is 16.0 Å². The van der Waals surface area contributed by atoms with E-state index in [0.29, 0.717) is 18.5 Å². The molecule has 1 aromatic rings. The molecule has 0 atom stereocenters. The van der Waals surface area contributed by atoms with Crippen LogP contribution < -0.4 is 16.0 Å². The Balaban J connectivity index is 2.44. The predicted molar refractivity (Wildman–Crippen MR) is 74.8 cm³/mol. The molecule has 0 aliphatic heterocycles. The summed E-state index contributed by atoms with van der Waals surface area (Å²) < 4.78 is 0. The van der Waals surface area contributed by atoms with Gasteiger partial charge in [0.15, 0.2) is 0 Å². The van der Waals surface area contributed by atoms with Crippen molar-refractivity contribution < 1.29 is 9.59 Å². The van der Waals surface area contributed by atoms with Gasteiger partial charge in [0.05, 0.1) is 0 Å². The number of hydrogen-bond donors (Lipinski definition) is 3. The number of carbonyl (C=O) groups excluding carboxylic acids is 2. The molecule has 0 saturated carbocycles. The monoisotopic (exact) mass is 263 g/mol. The molecule has 1 rings (SSSR count). The molecule has 0 spiro atoms. The molecule has 1 aromatic carbocycles. The van der Waals surface area contributed by atoms with Crippen LogP contribution in [0.15, 0.2) is 24.3 Å². The number of hydrogen-bond acceptors (Lipinski definition) is 3. The van der Waals surface area contributed by atoms with Gasteiger partial charge in [-0.1, -0.05) is 12.1 Å². The first-order valence-corrected chi connectivity index (χ1v) is 6.39. The maximum absolute atomic E-state index is 11.5. The second-order valence-corrected chi connectivity index (χ2v) is 4.26. The van der Waals surface area contributed by atoms with Crippen LogP contribution in [0, 0.1) is 0 Å². The first-order valence-electron chi connectivity index (χ1n) is 6.39. The van der Waals surface area contributed by atoms with E-state index in [0.717, 1.165) is 18.5 Å². The lowest BCUT2D eigenvalue weighted by atomic mass is 10.1. The van der Waals surface area contributed by atoms with Crippen LogP contribution in [0.3, 0.4) is 0 Å². The van der Waals surface area contributed by atoms with Crippen LogP contribution in [-0.4, -0.2) is 32.5 Å². The van der Waals surface area contributed by atoms with E-state index in [9.17, 15) is 9.59 Å². The molecule has 19 heavy (non-hydrogen) atoms. The minimum atomic E-state index is -0.123. The van der Waals surface area contributed by atoms with Crippen LogP contribution >= 0.6 is 0 Å². The van der Waals surface area contributed by atoms with Gasteiger partial charge in [-0.3, -0.25) is 9.59 Å². The fraction of sp³-hybridized carbons (Fsp3) is 0.429. The van der Waals surface area contributed by atoms with Crippen LogP contribution in [0.5, 0.6) is 0 Å². The molecule has 0 aromatic heterocycles. The molecule has 0 bridgehead atoms. The molecule has 5 nitrogen and oxygen atoms in total. The summed E-state index contributed by atoms with van der Waals surface area (Å²) in [7, 11) is 3.46. The summed E-state index contributed by atoms with van der Waals surface area (Å²) in [6.45, 7) is 1.28. The van der Waals surface area contributed by atoms with Crippen molar-refractivity contribution in [2.45, 2.75) is 19.4 Å². The molecule has 0 radical (unpaired) electrons. The molecule has 3 N–H and O–H groups in total. The summed E-state index contributed by atoms with van der Waals surface area (Å²) in [5, 5.41) is 8.42.